The van der Waals surface area contributed by atoms with Crippen molar-refractivity contribution in [3.05, 3.63) is 34.3 Å². The van der Waals surface area contributed by atoms with E-state index in [4.69, 9.17) is 0 Å². The largest absolute Gasteiger partial charge is 0.326 e. The predicted octanol–water partition coefficient (Wildman–Crippen LogP) is 3.07. The molecule has 1 aliphatic rings. The Labute approximate surface area is 130 Å². The molecule has 1 fully saturated rings. The zero-order chi connectivity index (χ0) is 13.7. The number of hydrogen-bond acceptors (Lipinski definition) is 3. The summed E-state index contributed by atoms with van der Waals surface area (Å²) in [5, 5.41) is 1.21. The molecule has 1 atom stereocenters. The normalized spacial score (nSPS) is 20.2. The average molecular weight is 378 g/mol. The van der Waals surface area contributed by atoms with Gasteiger partial charge in [-0.3, -0.25) is 4.98 Å². The van der Waals surface area contributed by atoms with E-state index >= 15 is 0 Å². The second kappa shape index (κ2) is 4.66. The molecule has 0 radical (unpaired) electrons. The second-order valence-corrected chi connectivity index (χ2v) is 6.76. The molecule has 2 aromatic heterocycles. The summed E-state index contributed by atoms with van der Waals surface area (Å²) in [5.74, 6) is 0. The van der Waals surface area contributed by atoms with E-state index in [1.165, 1.54) is 20.9 Å². The van der Waals surface area contributed by atoms with Crippen molar-refractivity contribution in [1.29, 1.82) is 0 Å². The van der Waals surface area contributed by atoms with Gasteiger partial charge in [-0.25, -0.2) is 4.98 Å². The summed E-state index contributed by atoms with van der Waals surface area (Å²) < 4.78 is 3.58. The van der Waals surface area contributed by atoms with Crippen molar-refractivity contribution in [3.8, 4) is 0 Å². The molecule has 1 unspecified atom stereocenters. The van der Waals surface area contributed by atoms with Crippen LogP contribution in [0.5, 0.6) is 0 Å². The van der Waals surface area contributed by atoms with Gasteiger partial charge in [0.05, 0.1) is 23.6 Å². The summed E-state index contributed by atoms with van der Waals surface area (Å²) >= 11 is 2.36. The van der Waals surface area contributed by atoms with Gasteiger partial charge in [0.1, 0.15) is 5.52 Å². The minimum Gasteiger partial charge on any atom is -0.326 e. The summed E-state index contributed by atoms with van der Waals surface area (Å²) in [7, 11) is 2.18. The molecular formula is C15H15IN4. The standard InChI is InChI=1S/C15H15IN4/c1-19-5-4-11(8-19)20-9-18-14-7-17-13-3-2-10(16)6-12(13)15(14)20/h2-3,6-7,9,11H,4-5,8H2,1H3. The molecule has 3 aromatic rings. The lowest BCUT2D eigenvalue weighted by Crippen LogP contribution is -2.16. The Hall–Kier alpha value is -1.21. The first-order chi connectivity index (χ1) is 9.72. The van der Waals surface area contributed by atoms with Gasteiger partial charge in [-0.1, -0.05) is 0 Å². The highest BCUT2D eigenvalue weighted by molar-refractivity contribution is 14.1. The monoisotopic (exact) mass is 378 g/mol. The van der Waals surface area contributed by atoms with Gasteiger partial charge in [0, 0.05) is 21.5 Å². The lowest BCUT2D eigenvalue weighted by molar-refractivity contribution is 0.395. The van der Waals surface area contributed by atoms with Gasteiger partial charge in [0.25, 0.3) is 0 Å². The van der Waals surface area contributed by atoms with Crippen molar-refractivity contribution in [2.45, 2.75) is 12.5 Å². The minimum absolute atomic E-state index is 0.522. The van der Waals surface area contributed by atoms with Crippen LogP contribution in [0.25, 0.3) is 21.9 Å². The summed E-state index contributed by atoms with van der Waals surface area (Å²) in [6, 6.07) is 6.93. The van der Waals surface area contributed by atoms with Gasteiger partial charge in [0.15, 0.2) is 0 Å². The van der Waals surface area contributed by atoms with Crippen LogP contribution in [0.3, 0.4) is 0 Å². The van der Waals surface area contributed by atoms with Gasteiger partial charge in [0.2, 0.25) is 0 Å². The Morgan fingerprint density at radius 3 is 2.95 bits per heavy atom. The maximum atomic E-state index is 4.55. The van der Waals surface area contributed by atoms with E-state index in [9.17, 15) is 0 Å². The maximum absolute atomic E-state index is 4.55. The summed E-state index contributed by atoms with van der Waals surface area (Å²) in [6.07, 6.45) is 5.06. The van der Waals surface area contributed by atoms with Crippen LogP contribution in [-0.2, 0) is 0 Å². The molecule has 1 aromatic carbocycles. The number of imidazole rings is 1. The van der Waals surface area contributed by atoms with Crippen LogP contribution in [0, 0.1) is 3.57 Å². The highest BCUT2D eigenvalue weighted by atomic mass is 127. The first-order valence-electron chi connectivity index (χ1n) is 6.82. The van der Waals surface area contributed by atoms with Crippen LogP contribution in [0.4, 0.5) is 0 Å². The lowest BCUT2D eigenvalue weighted by Gasteiger charge is -2.14. The fourth-order valence-corrected chi connectivity index (χ4v) is 3.60. The molecule has 0 spiro atoms. The fourth-order valence-electron chi connectivity index (χ4n) is 3.10. The number of aromatic nitrogens is 3. The number of pyridine rings is 1. The lowest BCUT2D eigenvalue weighted by atomic mass is 10.1. The van der Waals surface area contributed by atoms with Crippen molar-refractivity contribution in [1.82, 2.24) is 19.4 Å². The van der Waals surface area contributed by atoms with Crippen molar-refractivity contribution in [2.75, 3.05) is 20.1 Å². The van der Waals surface area contributed by atoms with Crippen LogP contribution in [0.2, 0.25) is 0 Å². The van der Waals surface area contributed by atoms with E-state index in [-0.39, 0.29) is 0 Å². The minimum atomic E-state index is 0.522. The molecule has 5 heteroatoms. The molecule has 4 nitrogen and oxygen atoms in total. The fraction of sp³-hybridized carbons (Fsp3) is 0.333. The molecule has 0 aliphatic carbocycles. The van der Waals surface area contributed by atoms with E-state index in [1.807, 2.05) is 12.5 Å². The third kappa shape index (κ3) is 1.91. The number of rotatable bonds is 1. The van der Waals surface area contributed by atoms with Crippen LogP contribution < -0.4 is 0 Å². The maximum Gasteiger partial charge on any atom is 0.107 e. The van der Waals surface area contributed by atoms with Crippen molar-refractivity contribution in [3.63, 3.8) is 0 Å². The molecule has 1 aliphatic heterocycles. The van der Waals surface area contributed by atoms with Crippen LogP contribution in [-0.4, -0.2) is 39.6 Å². The zero-order valence-electron chi connectivity index (χ0n) is 11.3. The van der Waals surface area contributed by atoms with E-state index < -0.39 is 0 Å². The number of likely N-dealkylation sites (N-methyl/N-ethyl adjacent to an activating group) is 1. The number of likely N-dealkylation sites (tertiary alicyclic amines) is 1. The molecule has 0 amide bonds. The third-order valence-corrected chi connectivity index (χ3v) is 4.79. The van der Waals surface area contributed by atoms with Gasteiger partial charge in [-0.2, -0.15) is 0 Å². The molecule has 0 N–H and O–H groups in total. The van der Waals surface area contributed by atoms with E-state index in [2.05, 4.69) is 67.3 Å². The Bertz CT molecular complexity index is 795. The summed E-state index contributed by atoms with van der Waals surface area (Å²) in [6.45, 7) is 2.25. The molecule has 0 bridgehead atoms. The number of hydrogen-bond donors (Lipinski definition) is 0. The highest BCUT2D eigenvalue weighted by Gasteiger charge is 2.23. The smallest absolute Gasteiger partial charge is 0.107 e. The van der Waals surface area contributed by atoms with E-state index in [1.54, 1.807) is 0 Å². The van der Waals surface area contributed by atoms with E-state index in [0.29, 0.717) is 6.04 Å². The highest BCUT2D eigenvalue weighted by Crippen LogP contribution is 2.30. The SMILES string of the molecule is CN1CCC(n2cnc3cnc4ccc(I)cc4c32)C1. The predicted molar refractivity (Wildman–Crippen MR) is 88.9 cm³/mol. The van der Waals surface area contributed by atoms with Crippen molar-refractivity contribution in [2.24, 2.45) is 0 Å². The number of nitrogens with zero attached hydrogens (tertiary/aromatic N) is 4. The van der Waals surface area contributed by atoms with E-state index in [0.717, 1.165) is 24.1 Å². The molecular weight excluding hydrogens is 363 g/mol. The number of halogens is 1. The number of benzene rings is 1. The first-order valence-corrected chi connectivity index (χ1v) is 7.89. The quantitative estimate of drug-likeness (QED) is 0.611. The first kappa shape index (κ1) is 12.5. The zero-order valence-corrected chi connectivity index (χ0v) is 13.4. The molecule has 102 valence electrons. The van der Waals surface area contributed by atoms with Crippen molar-refractivity contribution < 1.29 is 0 Å². The van der Waals surface area contributed by atoms with Crippen LogP contribution in [0.15, 0.2) is 30.7 Å². The molecule has 1 saturated heterocycles. The Morgan fingerprint density at radius 2 is 2.15 bits per heavy atom. The topological polar surface area (TPSA) is 34.0 Å². The third-order valence-electron chi connectivity index (χ3n) is 4.12. The Balaban J connectivity index is 1.99. The summed E-state index contributed by atoms with van der Waals surface area (Å²) in [5.41, 5.74) is 3.27. The number of fused-ring (bicyclic) bond motifs is 3. The average Bonchev–Trinajstić information content (AvgIpc) is 3.04. The molecule has 0 saturated carbocycles. The van der Waals surface area contributed by atoms with Gasteiger partial charge in [-0.05, 0) is 60.8 Å². The van der Waals surface area contributed by atoms with Crippen molar-refractivity contribution >= 4 is 44.5 Å². The van der Waals surface area contributed by atoms with Crippen LogP contribution in [0.1, 0.15) is 12.5 Å². The van der Waals surface area contributed by atoms with Gasteiger partial charge >= 0.3 is 0 Å². The van der Waals surface area contributed by atoms with Crippen LogP contribution >= 0.6 is 22.6 Å². The van der Waals surface area contributed by atoms with Gasteiger partial charge < -0.3 is 9.47 Å². The molecule has 4 rings (SSSR count). The molecule has 20 heavy (non-hydrogen) atoms. The van der Waals surface area contributed by atoms with Gasteiger partial charge in [-0.15, -0.1) is 0 Å². The molecule has 3 heterocycles. The Morgan fingerprint density at radius 1 is 1.25 bits per heavy atom. The second-order valence-electron chi connectivity index (χ2n) is 5.51. The Kier molecular flexibility index (Phi) is 2.92. The summed E-state index contributed by atoms with van der Waals surface area (Å²) in [4.78, 5) is 11.4.